The number of carbonyl (C=O) groups excluding carboxylic acids is 2. The third kappa shape index (κ3) is 6.64. The minimum atomic E-state index is -0.383. The topological polar surface area (TPSA) is 93.4 Å². The number of amides is 2. The molecule has 1 unspecified atom stereocenters. The zero-order chi connectivity index (χ0) is 16.4. The molecule has 7 heteroatoms. The number of ether oxygens (including phenoxy) is 1. The fraction of sp³-hybridized carbons (Fsp3) is 0.467. The molecule has 0 aromatic heterocycles. The highest BCUT2D eigenvalue weighted by Crippen LogP contribution is 2.02. The van der Waals surface area contributed by atoms with E-state index in [4.69, 9.17) is 10.5 Å². The van der Waals surface area contributed by atoms with Gasteiger partial charge in [0.25, 0.3) is 5.91 Å². The molecule has 6 nitrogen and oxygen atoms in total. The maximum atomic E-state index is 12.7. The van der Waals surface area contributed by atoms with Gasteiger partial charge in [0.2, 0.25) is 5.91 Å². The molecule has 0 heterocycles. The first kappa shape index (κ1) is 18.1. The van der Waals surface area contributed by atoms with Crippen molar-refractivity contribution in [2.45, 2.75) is 18.9 Å². The van der Waals surface area contributed by atoms with Gasteiger partial charge in [0.15, 0.2) is 0 Å². The largest absolute Gasteiger partial charge is 0.380 e. The SMILES string of the molecule is COC(CN)CC(=O)NCCCNC(=O)c1ccc(F)cc1. The van der Waals surface area contributed by atoms with Crippen LogP contribution in [0, 0.1) is 5.82 Å². The van der Waals surface area contributed by atoms with Crippen LogP contribution in [-0.2, 0) is 9.53 Å². The molecule has 122 valence electrons. The number of nitrogens with one attached hydrogen (secondary N) is 2. The van der Waals surface area contributed by atoms with Gasteiger partial charge < -0.3 is 21.1 Å². The van der Waals surface area contributed by atoms with Crippen molar-refractivity contribution in [1.29, 1.82) is 0 Å². The monoisotopic (exact) mass is 311 g/mol. The normalized spacial score (nSPS) is 11.8. The predicted octanol–water partition coefficient (Wildman–Crippen LogP) is 0.426. The molecule has 0 aliphatic rings. The van der Waals surface area contributed by atoms with Gasteiger partial charge in [-0.25, -0.2) is 4.39 Å². The van der Waals surface area contributed by atoms with Crippen LogP contribution >= 0.6 is 0 Å². The van der Waals surface area contributed by atoms with Crippen molar-refractivity contribution in [2.75, 3.05) is 26.7 Å². The lowest BCUT2D eigenvalue weighted by molar-refractivity contribution is -0.123. The van der Waals surface area contributed by atoms with Crippen molar-refractivity contribution in [3.05, 3.63) is 35.6 Å². The predicted molar refractivity (Wildman–Crippen MR) is 80.8 cm³/mol. The van der Waals surface area contributed by atoms with Crippen molar-refractivity contribution < 1.29 is 18.7 Å². The lowest BCUT2D eigenvalue weighted by atomic mass is 10.2. The molecule has 0 radical (unpaired) electrons. The van der Waals surface area contributed by atoms with E-state index in [-0.39, 0.29) is 36.7 Å². The van der Waals surface area contributed by atoms with Crippen LogP contribution in [0.2, 0.25) is 0 Å². The highest BCUT2D eigenvalue weighted by molar-refractivity contribution is 5.94. The second-order valence-electron chi connectivity index (χ2n) is 4.76. The Labute approximate surface area is 129 Å². The van der Waals surface area contributed by atoms with Crippen LogP contribution in [0.3, 0.4) is 0 Å². The van der Waals surface area contributed by atoms with Gasteiger partial charge in [-0.15, -0.1) is 0 Å². The van der Waals surface area contributed by atoms with Gasteiger partial charge in [-0.05, 0) is 30.7 Å². The Bertz CT molecular complexity index is 475. The Hall–Kier alpha value is -1.99. The van der Waals surface area contributed by atoms with Gasteiger partial charge in [-0.2, -0.15) is 0 Å². The van der Waals surface area contributed by atoms with E-state index < -0.39 is 0 Å². The molecule has 0 saturated carbocycles. The summed E-state index contributed by atoms with van der Waals surface area (Å²) in [5, 5.41) is 5.43. The van der Waals surface area contributed by atoms with Crippen LogP contribution in [0.5, 0.6) is 0 Å². The van der Waals surface area contributed by atoms with Crippen molar-refractivity contribution in [2.24, 2.45) is 5.73 Å². The molecular weight excluding hydrogens is 289 g/mol. The van der Waals surface area contributed by atoms with Crippen molar-refractivity contribution in [3.63, 3.8) is 0 Å². The maximum Gasteiger partial charge on any atom is 0.251 e. The number of carbonyl (C=O) groups is 2. The van der Waals surface area contributed by atoms with Crippen molar-refractivity contribution in [3.8, 4) is 0 Å². The average molecular weight is 311 g/mol. The zero-order valence-electron chi connectivity index (χ0n) is 12.6. The number of hydrogen-bond donors (Lipinski definition) is 3. The van der Waals surface area contributed by atoms with Crippen molar-refractivity contribution >= 4 is 11.8 Å². The molecule has 22 heavy (non-hydrogen) atoms. The fourth-order valence-corrected chi connectivity index (χ4v) is 1.76. The van der Waals surface area contributed by atoms with E-state index in [0.717, 1.165) is 0 Å². The summed E-state index contributed by atoms with van der Waals surface area (Å²) in [6, 6.07) is 5.31. The molecule has 0 aliphatic carbocycles. The number of rotatable bonds is 9. The maximum absolute atomic E-state index is 12.7. The molecule has 2 amide bonds. The summed E-state index contributed by atoms with van der Waals surface area (Å²) in [5.41, 5.74) is 5.83. The first-order valence-electron chi connectivity index (χ1n) is 7.10. The summed E-state index contributed by atoms with van der Waals surface area (Å²) in [4.78, 5) is 23.3. The summed E-state index contributed by atoms with van der Waals surface area (Å²) in [6.07, 6.45) is 0.534. The van der Waals surface area contributed by atoms with E-state index in [2.05, 4.69) is 10.6 Å². The Morgan fingerprint density at radius 3 is 2.45 bits per heavy atom. The van der Waals surface area contributed by atoms with Crippen molar-refractivity contribution in [1.82, 2.24) is 10.6 Å². The average Bonchev–Trinajstić information content (AvgIpc) is 2.52. The Morgan fingerprint density at radius 2 is 1.86 bits per heavy atom. The van der Waals surface area contributed by atoms with Gasteiger partial charge in [-0.3, -0.25) is 9.59 Å². The summed E-state index contributed by atoms with van der Waals surface area (Å²) in [7, 11) is 1.51. The first-order chi connectivity index (χ1) is 10.6. The Balaban J connectivity index is 2.16. The molecule has 1 aromatic carbocycles. The second-order valence-corrected chi connectivity index (χ2v) is 4.76. The number of nitrogens with two attached hydrogens (primary N) is 1. The highest BCUT2D eigenvalue weighted by Gasteiger charge is 2.10. The molecule has 4 N–H and O–H groups in total. The van der Waals surface area contributed by atoms with E-state index >= 15 is 0 Å². The van der Waals surface area contributed by atoms with Gasteiger partial charge in [0.1, 0.15) is 5.82 Å². The lowest BCUT2D eigenvalue weighted by Crippen LogP contribution is -2.34. The standard InChI is InChI=1S/C15H22FN3O3/c1-22-13(10-17)9-14(20)18-7-2-8-19-15(21)11-3-5-12(16)6-4-11/h3-6,13H,2,7-10,17H2,1H3,(H,18,20)(H,19,21). The number of hydrogen-bond acceptors (Lipinski definition) is 4. The third-order valence-corrected chi connectivity index (χ3v) is 3.08. The van der Waals surface area contributed by atoms with Gasteiger partial charge in [-0.1, -0.05) is 0 Å². The molecule has 1 aromatic rings. The summed E-state index contributed by atoms with van der Waals surface area (Å²) in [6.45, 7) is 1.16. The van der Waals surface area contributed by atoms with Gasteiger partial charge >= 0.3 is 0 Å². The van der Waals surface area contributed by atoms with Crippen LogP contribution in [0.1, 0.15) is 23.2 Å². The summed E-state index contributed by atoms with van der Waals surface area (Å²) >= 11 is 0. The second kappa shape index (κ2) is 9.86. The third-order valence-electron chi connectivity index (χ3n) is 3.08. The van der Waals surface area contributed by atoms with E-state index in [1.165, 1.54) is 31.4 Å². The summed E-state index contributed by atoms with van der Waals surface area (Å²) < 4.78 is 17.7. The van der Waals surface area contributed by atoms with Crippen LogP contribution in [0.15, 0.2) is 24.3 Å². The first-order valence-corrected chi connectivity index (χ1v) is 7.10. The van der Waals surface area contributed by atoms with Crippen LogP contribution < -0.4 is 16.4 Å². The quantitative estimate of drug-likeness (QED) is 0.576. The highest BCUT2D eigenvalue weighted by atomic mass is 19.1. The van der Waals surface area contributed by atoms with Crippen LogP contribution in [0.25, 0.3) is 0 Å². The van der Waals surface area contributed by atoms with E-state index in [1.54, 1.807) is 0 Å². The zero-order valence-corrected chi connectivity index (χ0v) is 12.6. The Kier molecular flexibility index (Phi) is 8.09. The van der Waals surface area contributed by atoms with Crippen LogP contribution in [-0.4, -0.2) is 44.7 Å². The van der Waals surface area contributed by atoms with Gasteiger partial charge in [0, 0.05) is 32.3 Å². The number of benzene rings is 1. The molecule has 1 rings (SSSR count). The van der Waals surface area contributed by atoms with Crippen LogP contribution in [0.4, 0.5) is 4.39 Å². The van der Waals surface area contributed by atoms with E-state index in [0.29, 0.717) is 25.1 Å². The van der Waals surface area contributed by atoms with E-state index in [9.17, 15) is 14.0 Å². The number of methoxy groups -OCH3 is 1. The smallest absolute Gasteiger partial charge is 0.251 e. The molecule has 0 aliphatic heterocycles. The van der Waals surface area contributed by atoms with Gasteiger partial charge in [0.05, 0.1) is 12.5 Å². The summed E-state index contributed by atoms with van der Waals surface area (Å²) in [5.74, 6) is -0.790. The molecule has 0 fully saturated rings. The molecule has 0 spiro atoms. The molecule has 0 bridgehead atoms. The minimum absolute atomic E-state index is 0.137. The molecule has 0 saturated heterocycles. The molecule has 1 atom stereocenters. The number of halogens is 1. The Morgan fingerprint density at radius 1 is 1.23 bits per heavy atom. The molecular formula is C15H22FN3O3. The fourth-order valence-electron chi connectivity index (χ4n) is 1.76. The minimum Gasteiger partial charge on any atom is -0.380 e. The van der Waals surface area contributed by atoms with E-state index in [1.807, 2.05) is 0 Å². The lowest BCUT2D eigenvalue weighted by Gasteiger charge is -2.12.